The SMILES string of the molecule is O=C(Nc1cc(Oc2ccc(Cl)cc2)cc([N+](=O)[O-])c1)c1ccc(COc2ccc(F)cc2)o1. The van der Waals surface area contributed by atoms with Gasteiger partial charge >= 0.3 is 0 Å². The van der Waals surface area contributed by atoms with Gasteiger partial charge in [-0.2, -0.15) is 0 Å². The lowest BCUT2D eigenvalue weighted by Crippen LogP contribution is -2.11. The van der Waals surface area contributed by atoms with Crippen LogP contribution >= 0.6 is 11.6 Å². The van der Waals surface area contributed by atoms with E-state index in [0.717, 1.165) is 0 Å². The van der Waals surface area contributed by atoms with E-state index in [1.54, 1.807) is 30.3 Å². The lowest BCUT2D eigenvalue weighted by molar-refractivity contribution is -0.384. The molecule has 10 heteroatoms. The minimum Gasteiger partial charge on any atom is -0.486 e. The van der Waals surface area contributed by atoms with Crippen LogP contribution in [0.4, 0.5) is 15.8 Å². The monoisotopic (exact) mass is 482 g/mol. The molecule has 0 saturated carbocycles. The number of amides is 1. The summed E-state index contributed by atoms with van der Waals surface area (Å²) >= 11 is 5.86. The number of nitro groups is 1. The third kappa shape index (κ3) is 5.90. The van der Waals surface area contributed by atoms with Crippen molar-refractivity contribution >= 4 is 28.9 Å². The van der Waals surface area contributed by atoms with Crippen molar-refractivity contribution in [1.29, 1.82) is 0 Å². The van der Waals surface area contributed by atoms with Crippen molar-refractivity contribution in [3.05, 3.63) is 111 Å². The molecule has 0 aliphatic heterocycles. The number of anilines is 1. The third-order valence-electron chi connectivity index (χ3n) is 4.49. The van der Waals surface area contributed by atoms with E-state index in [-0.39, 0.29) is 35.3 Å². The van der Waals surface area contributed by atoms with E-state index in [9.17, 15) is 19.3 Å². The highest BCUT2D eigenvalue weighted by molar-refractivity contribution is 6.30. The Labute approximate surface area is 197 Å². The summed E-state index contributed by atoms with van der Waals surface area (Å²) in [5.41, 5.74) is -0.127. The molecule has 0 atom stereocenters. The second-order valence-corrected chi connectivity index (χ2v) is 7.43. The number of ether oxygens (including phenoxy) is 2. The zero-order chi connectivity index (χ0) is 24.1. The predicted molar refractivity (Wildman–Crippen MR) is 122 cm³/mol. The number of non-ortho nitro benzene ring substituents is 1. The lowest BCUT2D eigenvalue weighted by Gasteiger charge is -2.09. The van der Waals surface area contributed by atoms with Gasteiger partial charge in [-0.05, 0) is 60.7 Å². The normalized spacial score (nSPS) is 10.5. The van der Waals surface area contributed by atoms with Gasteiger partial charge in [0.2, 0.25) is 0 Å². The number of benzene rings is 3. The molecule has 0 bridgehead atoms. The van der Waals surface area contributed by atoms with Crippen molar-refractivity contribution in [2.45, 2.75) is 6.61 Å². The highest BCUT2D eigenvalue weighted by Crippen LogP contribution is 2.30. The average molecular weight is 483 g/mol. The highest BCUT2D eigenvalue weighted by Gasteiger charge is 2.16. The zero-order valence-electron chi connectivity index (χ0n) is 17.4. The van der Waals surface area contributed by atoms with Gasteiger partial charge in [0.05, 0.1) is 16.7 Å². The van der Waals surface area contributed by atoms with Crippen molar-refractivity contribution in [1.82, 2.24) is 0 Å². The number of rotatable bonds is 8. The minimum absolute atomic E-state index is 0.0226. The summed E-state index contributed by atoms with van der Waals surface area (Å²) < 4.78 is 29.6. The zero-order valence-corrected chi connectivity index (χ0v) is 18.1. The Balaban J connectivity index is 1.45. The summed E-state index contributed by atoms with van der Waals surface area (Å²) in [6.07, 6.45) is 0. The number of nitrogens with one attached hydrogen (secondary N) is 1. The van der Waals surface area contributed by atoms with E-state index < -0.39 is 10.8 Å². The van der Waals surface area contributed by atoms with Crippen LogP contribution < -0.4 is 14.8 Å². The first-order valence-corrected chi connectivity index (χ1v) is 10.2. The van der Waals surface area contributed by atoms with E-state index in [4.69, 9.17) is 25.5 Å². The molecular weight excluding hydrogens is 467 g/mol. The first-order chi connectivity index (χ1) is 16.4. The van der Waals surface area contributed by atoms with Crippen LogP contribution in [0.5, 0.6) is 17.2 Å². The predicted octanol–water partition coefficient (Wildman–Crippen LogP) is 6.60. The number of halogens is 2. The molecule has 4 aromatic rings. The Morgan fingerprint density at radius 3 is 2.38 bits per heavy atom. The quantitative estimate of drug-likeness (QED) is 0.224. The van der Waals surface area contributed by atoms with Crippen LogP contribution in [0.3, 0.4) is 0 Å². The van der Waals surface area contributed by atoms with Gasteiger partial charge in [0.1, 0.15) is 35.4 Å². The lowest BCUT2D eigenvalue weighted by atomic mass is 10.2. The van der Waals surface area contributed by atoms with Gasteiger partial charge in [-0.3, -0.25) is 14.9 Å². The van der Waals surface area contributed by atoms with Crippen molar-refractivity contribution < 1.29 is 28.0 Å². The number of carbonyl (C=O) groups excluding carboxylic acids is 1. The number of carbonyl (C=O) groups is 1. The van der Waals surface area contributed by atoms with Crippen LogP contribution in [0, 0.1) is 15.9 Å². The van der Waals surface area contributed by atoms with Crippen molar-refractivity contribution in [2.24, 2.45) is 0 Å². The van der Waals surface area contributed by atoms with Gasteiger partial charge in [-0.15, -0.1) is 0 Å². The number of hydrogen-bond acceptors (Lipinski definition) is 6. The number of nitrogens with zero attached hydrogens (tertiary/aromatic N) is 1. The van der Waals surface area contributed by atoms with Gasteiger partial charge < -0.3 is 19.2 Å². The molecule has 34 heavy (non-hydrogen) atoms. The maximum atomic E-state index is 13.0. The molecular formula is C24H16ClFN2O6. The molecule has 8 nitrogen and oxygen atoms in total. The molecule has 3 aromatic carbocycles. The second kappa shape index (κ2) is 10.1. The fourth-order valence-corrected chi connectivity index (χ4v) is 3.04. The smallest absolute Gasteiger partial charge is 0.291 e. The van der Waals surface area contributed by atoms with Crippen LogP contribution in [-0.4, -0.2) is 10.8 Å². The summed E-state index contributed by atoms with van der Waals surface area (Å²) in [4.78, 5) is 23.4. The first kappa shape index (κ1) is 22.8. The maximum Gasteiger partial charge on any atom is 0.291 e. The molecule has 0 aliphatic carbocycles. The van der Waals surface area contributed by atoms with Gasteiger partial charge in [0, 0.05) is 17.2 Å². The summed E-state index contributed by atoms with van der Waals surface area (Å²) in [5, 5.41) is 14.4. The van der Waals surface area contributed by atoms with Gasteiger partial charge in [0.15, 0.2) is 5.76 Å². The van der Waals surface area contributed by atoms with E-state index in [2.05, 4.69) is 5.32 Å². The largest absolute Gasteiger partial charge is 0.486 e. The molecule has 4 rings (SSSR count). The van der Waals surface area contributed by atoms with E-state index in [1.807, 2.05) is 0 Å². The van der Waals surface area contributed by atoms with Crippen LogP contribution in [0.1, 0.15) is 16.3 Å². The fourth-order valence-electron chi connectivity index (χ4n) is 2.91. The van der Waals surface area contributed by atoms with Crippen molar-refractivity contribution in [3.63, 3.8) is 0 Å². The Morgan fingerprint density at radius 1 is 0.971 bits per heavy atom. The van der Waals surface area contributed by atoms with Gasteiger partial charge in [-0.1, -0.05) is 11.6 Å². The molecule has 0 unspecified atom stereocenters. The third-order valence-corrected chi connectivity index (χ3v) is 4.74. The van der Waals surface area contributed by atoms with Crippen LogP contribution in [0.15, 0.2) is 83.3 Å². The summed E-state index contributed by atoms with van der Waals surface area (Å²) in [6, 6.07) is 18.8. The summed E-state index contributed by atoms with van der Waals surface area (Å²) in [5.74, 6) is 0.343. The molecule has 0 aliphatic rings. The molecule has 0 fully saturated rings. The fraction of sp³-hybridized carbons (Fsp3) is 0.0417. The molecule has 0 spiro atoms. The molecule has 0 radical (unpaired) electrons. The second-order valence-electron chi connectivity index (χ2n) is 6.99. The van der Waals surface area contributed by atoms with E-state index in [0.29, 0.717) is 22.3 Å². The van der Waals surface area contributed by atoms with Crippen LogP contribution in [0.2, 0.25) is 5.02 Å². The molecule has 1 N–H and O–H groups in total. The topological polar surface area (TPSA) is 104 Å². The molecule has 1 aromatic heterocycles. The Hall–Kier alpha value is -4.37. The highest BCUT2D eigenvalue weighted by atomic mass is 35.5. The molecule has 1 heterocycles. The maximum absolute atomic E-state index is 13.0. The Morgan fingerprint density at radius 2 is 1.68 bits per heavy atom. The minimum atomic E-state index is -0.619. The Kier molecular flexibility index (Phi) is 6.74. The summed E-state index contributed by atoms with van der Waals surface area (Å²) in [7, 11) is 0. The molecule has 1 amide bonds. The molecule has 172 valence electrons. The first-order valence-electron chi connectivity index (χ1n) is 9.87. The van der Waals surface area contributed by atoms with E-state index in [1.165, 1.54) is 48.5 Å². The van der Waals surface area contributed by atoms with Crippen molar-refractivity contribution in [2.75, 3.05) is 5.32 Å². The number of furan rings is 1. The number of nitro benzene ring substituents is 1. The van der Waals surface area contributed by atoms with Gasteiger partial charge in [0.25, 0.3) is 11.6 Å². The number of hydrogen-bond donors (Lipinski definition) is 1. The summed E-state index contributed by atoms with van der Waals surface area (Å²) in [6.45, 7) is 0.0226. The Bertz CT molecular complexity index is 1320. The average Bonchev–Trinajstić information content (AvgIpc) is 3.29. The standard InChI is InChI=1S/C24H16ClFN2O6/c25-15-1-5-20(6-2-15)33-22-12-17(11-18(13-22)28(30)31)27-24(29)23-10-9-21(34-23)14-32-19-7-3-16(26)4-8-19/h1-13H,14H2,(H,27,29). The van der Waals surface area contributed by atoms with Crippen LogP contribution in [-0.2, 0) is 6.61 Å². The molecule has 0 saturated heterocycles. The van der Waals surface area contributed by atoms with Crippen LogP contribution in [0.25, 0.3) is 0 Å². The van der Waals surface area contributed by atoms with Gasteiger partial charge in [-0.25, -0.2) is 4.39 Å². The van der Waals surface area contributed by atoms with E-state index >= 15 is 0 Å². The van der Waals surface area contributed by atoms with Crippen molar-refractivity contribution in [3.8, 4) is 17.2 Å².